The number of carbonyl (C=O) groups excluding carboxylic acids is 3. The van der Waals surface area contributed by atoms with Crippen LogP contribution in [0.25, 0.3) is 0 Å². The second-order valence-corrected chi connectivity index (χ2v) is 8.90. The molecule has 1 aromatic carbocycles. The van der Waals surface area contributed by atoms with Crippen LogP contribution in [-0.4, -0.2) is 33.6 Å². The summed E-state index contributed by atoms with van der Waals surface area (Å²) in [5, 5.41) is 8.41. The topological polar surface area (TPSA) is 117 Å². The molecule has 1 fully saturated rings. The van der Waals surface area contributed by atoms with Crippen LogP contribution in [0.4, 0.5) is 5.13 Å². The van der Waals surface area contributed by atoms with Crippen LogP contribution >= 0.6 is 11.3 Å². The Bertz CT molecular complexity index is 1000. The molecule has 0 aliphatic carbocycles. The summed E-state index contributed by atoms with van der Waals surface area (Å²) in [5.74, 6) is -0.545. The lowest BCUT2D eigenvalue weighted by atomic mass is 10.0. The number of amides is 3. The first-order valence-electron chi connectivity index (χ1n) is 10.1. The molecular weight excluding hydrogens is 402 g/mol. The normalized spacial score (nSPS) is 19.8. The molecule has 3 amide bonds. The molecule has 2 aliphatic heterocycles. The Hall–Kier alpha value is -2.78. The number of hydrogen-bond donors (Lipinski definition) is 3. The quantitative estimate of drug-likeness (QED) is 0.608. The molecular formula is C21H25N5O3S. The zero-order valence-electron chi connectivity index (χ0n) is 17.0. The van der Waals surface area contributed by atoms with Crippen LogP contribution < -0.4 is 16.4 Å². The van der Waals surface area contributed by atoms with E-state index in [4.69, 9.17) is 5.73 Å². The maximum atomic E-state index is 12.9. The molecule has 1 aromatic heterocycles. The first kappa shape index (κ1) is 20.5. The number of carbonyl (C=O) groups is 3. The Kier molecular flexibility index (Phi) is 5.57. The summed E-state index contributed by atoms with van der Waals surface area (Å²) in [7, 11) is 0. The Morgan fingerprint density at radius 3 is 2.87 bits per heavy atom. The van der Waals surface area contributed by atoms with Gasteiger partial charge in [-0.3, -0.25) is 19.7 Å². The Morgan fingerprint density at radius 1 is 1.33 bits per heavy atom. The van der Waals surface area contributed by atoms with Gasteiger partial charge in [0.25, 0.3) is 5.91 Å². The highest BCUT2D eigenvalue weighted by Crippen LogP contribution is 2.31. The third kappa shape index (κ3) is 3.82. The minimum absolute atomic E-state index is 0.0996. The number of piperidine rings is 1. The molecule has 0 radical (unpaired) electrons. The molecule has 3 heterocycles. The van der Waals surface area contributed by atoms with Gasteiger partial charge in [0, 0.05) is 30.5 Å². The monoisotopic (exact) mass is 427 g/mol. The van der Waals surface area contributed by atoms with Crippen molar-refractivity contribution in [2.24, 2.45) is 11.7 Å². The molecule has 30 heavy (non-hydrogen) atoms. The van der Waals surface area contributed by atoms with Crippen molar-refractivity contribution in [3.8, 4) is 0 Å². The number of thiazole rings is 1. The van der Waals surface area contributed by atoms with E-state index in [1.165, 1.54) is 11.3 Å². The van der Waals surface area contributed by atoms with Gasteiger partial charge < -0.3 is 16.0 Å². The fraction of sp³-hybridized carbons (Fsp3) is 0.429. The van der Waals surface area contributed by atoms with Crippen molar-refractivity contribution < 1.29 is 14.4 Å². The van der Waals surface area contributed by atoms with E-state index in [1.54, 1.807) is 11.0 Å². The second kappa shape index (κ2) is 8.16. The number of nitrogens with zero attached hydrogens (tertiary/aromatic N) is 2. The molecule has 0 bridgehead atoms. The lowest BCUT2D eigenvalue weighted by molar-refractivity contribution is -0.136. The van der Waals surface area contributed by atoms with Gasteiger partial charge in [0.15, 0.2) is 5.13 Å². The van der Waals surface area contributed by atoms with Crippen molar-refractivity contribution in [2.45, 2.75) is 51.9 Å². The highest BCUT2D eigenvalue weighted by Gasteiger charge is 2.39. The smallest absolute Gasteiger partial charge is 0.255 e. The minimum Gasteiger partial charge on any atom is -0.357 e. The number of hydrogen-bond acceptors (Lipinski definition) is 7. The zero-order chi connectivity index (χ0) is 21.4. The molecule has 1 unspecified atom stereocenters. The number of aromatic nitrogens is 1. The SMILES string of the molecule is CC(C)[C@H](N)c1csc(NCc2cccc3c2CN(C2CCC(=O)NC2=O)C3=O)n1. The predicted molar refractivity (Wildman–Crippen MR) is 114 cm³/mol. The van der Waals surface area contributed by atoms with Crippen molar-refractivity contribution in [3.05, 3.63) is 46.0 Å². The Balaban J connectivity index is 1.48. The van der Waals surface area contributed by atoms with Crippen LogP contribution in [0.2, 0.25) is 0 Å². The van der Waals surface area contributed by atoms with Gasteiger partial charge >= 0.3 is 0 Å². The maximum absolute atomic E-state index is 12.9. The van der Waals surface area contributed by atoms with Gasteiger partial charge in [-0.1, -0.05) is 26.0 Å². The molecule has 2 aromatic rings. The molecule has 2 aliphatic rings. The summed E-state index contributed by atoms with van der Waals surface area (Å²) in [6.45, 7) is 5.01. The average Bonchev–Trinajstić information content (AvgIpc) is 3.31. The summed E-state index contributed by atoms with van der Waals surface area (Å²) < 4.78 is 0. The van der Waals surface area contributed by atoms with E-state index in [1.807, 2.05) is 17.5 Å². The molecule has 0 saturated carbocycles. The van der Waals surface area contributed by atoms with Crippen molar-refractivity contribution in [3.63, 3.8) is 0 Å². The summed E-state index contributed by atoms with van der Waals surface area (Å²) in [6.07, 6.45) is 0.603. The minimum atomic E-state index is -0.609. The van der Waals surface area contributed by atoms with Gasteiger partial charge in [-0.25, -0.2) is 4.98 Å². The van der Waals surface area contributed by atoms with Crippen LogP contribution in [0.3, 0.4) is 0 Å². The third-order valence-electron chi connectivity index (χ3n) is 5.69. The van der Waals surface area contributed by atoms with Crippen LogP contribution in [0, 0.1) is 5.92 Å². The number of benzene rings is 1. The van der Waals surface area contributed by atoms with Crippen LogP contribution in [0.1, 0.15) is 59.9 Å². The molecule has 0 spiro atoms. The van der Waals surface area contributed by atoms with Gasteiger partial charge in [-0.2, -0.15) is 0 Å². The largest absolute Gasteiger partial charge is 0.357 e. The molecule has 8 nitrogen and oxygen atoms in total. The summed E-state index contributed by atoms with van der Waals surface area (Å²) in [6, 6.07) is 4.90. The Morgan fingerprint density at radius 2 is 2.13 bits per heavy atom. The molecule has 9 heteroatoms. The standard InChI is InChI=1S/C21H25N5O3S/c1-11(2)18(22)15-10-30-21(24-15)23-8-12-4-3-5-13-14(12)9-26(20(13)29)16-6-7-17(27)25-19(16)28/h3-5,10-11,16,18H,6-9,22H2,1-2H3,(H,23,24)(H,25,27,28)/t16?,18-/m0/s1. The number of rotatable bonds is 6. The fourth-order valence-electron chi connectivity index (χ4n) is 3.85. The van der Waals surface area contributed by atoms with Crippen molar-refractivity contribution in [2.75, 3.05) is 5.32 Å². The summed E-state index contributed by atoms with van der Waals surface area (Å²) in [4.78, 5) is 42.7. The predicted octanol–water partition coefficient (Wildman–Crippen LogP) is 2.17. The first-order chi connectivity index (χ1) is 14.3. The van der Waals surface area contributed by atoms with E-state index in [2.05, 4.69) is 29.5 Å². The molecule has 4 rings (SSSR count). The molecule has 158 valence electrons. The van der Waals surface area contributed by atoms with Crippen LogP contribution in [0.5, 0.6) is 0 Å². The number of imide groups is 1. The van der Waals surface area contributed by atoms with E-state index in [0.717, 1.165) is 22.0 Å². The summed E-state index contributed by atoms with van der Waals surface area (Å²) >= 11 is 1.51. The van der Waals surface area contributed by atoms with E-state index in [0.29, 0.717) is 31.0 Å². The van der Waals surface area contributed by atoms with Crippen molar-refractivity contribution in [1.82, 2.24) is 15.2 Å². The number of nitrogens with one attached hydrogen (secondary N) is 2. The highest BCUT2D eigenvalue weighted by atomic mass is 32.1. The van der Waals surface area contributed by atoms with Gasteiger partial charge in [0.1, 0.15) is 6.04 Å². The molecule has 4 N–H and O–H groups in total. The number of anilines is 1. The number of nitrogens with two attached hydrogens (primary N) is 1. The molecule has 1 saturated heterocycles. The average molecular weight is 428 g/mol. The lowest BCUT2D eigenvalue weighted by Gasteiger charge is -2.29. The fourth-order valence-corrected chi connectivity index (χ4v) is 4.60. The second-order valence-electron chi connectivity index (χ2n) is 8.04. The van der Waals surface area contributed by atoms with Gasteiger partial charge in [-0.15, -0.1) is 11.3 Å². The Labute approximate surface area is 178 Å². The van der Waals surface area contributed by atoms with Crippen LogP contribution in [-0.2, 0) is 22.7 Å². The zero-order valence-corrected chi connectivity index (χ0v) is 17.8. The van der Waals surface area contributed by atoms with Gasteiger partial charge in [0.2, 0.25) is 11.8 Å². The molecule has 2 atom stereocenters. The van der Waals surface area contributed by atoms with E-state index in [9.17, 15) is 14.4 Å². The van der Waals surface area contributed by atoms with Crippen molar-refractivity contribution in [1.29, 1.82) is 0 Å². The van der Waals surface area contributed by atoms with Crippen molar-refractivity contribution >= 4 is 34.2 Å². The third-order valence-corrected chi connectivity index (χ3v) is 6.51. The van der Waals surface area contributed by atoms with E-state index < -0.39 is 11.9 Å². The van der Waals surface area contributed by atoms with E-state index >= 15 is 0 Å². The highest BCUT2D eigenvalue weighted by molar-refractivity contribution is 7.13. The lowest BCUT2D eigenvalue weighted by Crippen LogP contribution is -2.52. The van der Waals surface area contributed by atoms with Gasteiger partial charge in [0.05, 0.1) is 11.7 Å². The first-order valence-corrected chi connectivity index (χ1v) is 10.9. The van der Waals surface area contributed by atoms with E-state index in [-0.39, 0.29) is 24.3 Å². The van der Waals surface area contributed by atoms with Crippen LogP contribution in [0.15, 0.2) is 23.6 Å². The summed E-state index contributed by atoms with van der Waals surface area (Å²) in [5.41, 5.74) is 9.55. The van der Waals surface area contributed by atoms with Gasteiger partial charge in [-0.05, 0) is 29.5 Å². The maximum Gasteiger partial charge on any atom is 0.255 e. The number of fused-ring (bicyclic) bond motifs is 1.